The number of nitrogens with zero attached hydrogens (tertiary/aromatic N) is 5. The maximum atomic E-state index is 12.2. The van der Waals surface area contributed by atoms with Crippen LogP contribution in [0.3, 0.4) is 0 Å². The van der Waals surface area contributed by atoms with Gasteiger partial charge in [-0.1, -0.05) is 0 Å². The van der Waals surface area contributed by atoms with Gasteiger partial charge in [-0.25, -0.2) is 19.9 Å². The summed E-state index contributed by atoms with van der Waals surface area (Å²) in [4.78, 5) is 32.1. The van der Waals surface area contributed by atoms with Gasteiger partial charge in [-0.3, -0.25) is 4.79 Å². The molecule has 3 aromatic rings. The van der Waals surface area contributed by atoms with Crippen LogP contribution in [0.4, 0.5) is 23.3 Å². The van der Waals surface area contributed by atoms with Gasteiger partial charge in [-0.2, -0.15) is 0 Å². The van der Waals surface area contributed by atoms with Gasteiger partial charge in [0.15, 0.2) is 5.82 Å². The Bertz CT molecular complexity index is 1150. The van der Waals surface area contributed by atoms with E-state index in [1.165, 1.54) is 0 Å². The first kappa shape index (κ1) is 21.8. The van der Waals surface area contributed by atoms with Gasteiger partial charge in [-0.15, -0.1) is 0 Å². The molecule has 1 aliphatic heterocycles. The minimum Gasteiger partial charge on any atom is -0.387 e. The lowest BCUT2D eigenvalue weighted by Crippen LogP contribution is -2.48. The van der Waals surface area contributed by atoms with Crippen LogP contribution in [0.25, 0.3) is 10.9 Å². The van der Waals surface area contributed by atoms with Crippen molar-refractivity contribution >= 4 is 40.1 Å². The molecule has 0 unspecified atom stereocenters. The number of piperazine rings is 1. The van der Waals surface area contributed by atoms with E-state index in [4.69, 9.17) is 0 Å². The maximum absolute atomic E-state index is 12.2. The highest BCUT2D eigenvalue weighted by Crippen LogP contribution is 2.26. The third kappa shape index (κ3) is 4.61. The number of hydrogen-bond donors (Lipinski definition) is 4. The maximum Gasteiger partial charge on any atom is 0.241 e. The molecule has 4 N–H and O–H groups in total. The van der Waals surface area contributed by atoms with Crippen LogP contribution in [0.2, 0.25) is 0 Å². The number of nitrogens with one attached hydrogen (secondary N) is 3. The second-order valence-corrected chi connectivity index (χ2v) is 8.15. The predicted octanol–water partition coefficient (Wildman–Crippen LogP) is 2.28. The summed E-state index contributed by atoms with van der Waals surface area (Å²) in [5.74, 6) is 1.60. The number of aryl methyl sites for hydroxylation is 1. The van der Waals surface area contributed by atoms with Crippen LogP contribution in [-0.4, -0.2) is 56.6 Å². The molecule has 1 atom stereocenters. The van der Waals surface area contributed by atoms with Gasteiger partial charge in [-0.05, 0) is 45.9 Å². The number of aliphatic hydroxyl groups excluding tert-OH is 1. The largest absolute Gasteiger partial charge is 0.387 e. The average Bonchev–Trinajstić information content (AvgIpc) is 2.74. The lowest BCUT2D eigenvalue weighted by atomic mass is 10.2. The normalized spacial score (nSPS) is 15.3. The second-order valence-electron chi connectivity index (χ2n) is 8.15. The van der Waals surface area contributed by atoms with Crippen molar-refractivity contribution in [3.8, 4) is 0 Å². The number of pyridine rings is 2. The molecule has 4 rings (SSSR count). The van der Waals surface area contributed by atoms with E-state index in [-0.39, 0.29) is 11.9 Å². The Morgan fingerprint density at radius 3 is 2.69 bits per heavy atom. The number of aromatic nitrogens is 4. The van der Waals surface area contributed by atoms with Crippen molar-refractivity contribution in [3.63, 3.8) is 0 Å². The topological polar surface area (TPSA) is 128 Å². The number of hydrogen-bond acceptors (Lipinski definition) is 9. The van der Waals surface area contributed by atoms with Gasteiger partial charge >= 0.3 is 0 Å². The Kier molecular flexibility index (Phi) is 6.15. The molecular weight excluding hydrogens is 408 g/mol. The fraction of sp³-hybridized carbons (Fsp3) is 0.409. The summed E-state index contributed by atoms with van der Waals surface area (Å²) in [5, 5.41) is 20.3. The molecule has 10 heteroatoms. The number of carbonyl (C=O) groups excluding carboxylic acids is 1. The zero-order valence-corrected chi connectivity index (χ0v) is 18.7. The summed E-state index contributed by atoms with van der Waals surface area (Å²) < 4.78 is 0. The Morgan fingerprint density at radius 1 is 1.19 bits per heavy atom. The molecule has 1 saturated heterocycles. The Morgan fingerprint density at radius 2 is 2.00 bits per heavy atom. The quantitative estimate of drug-likeness (QED) is 0.460. The summed E-state index contributed by atoms with van der Waals surface area (Å²) in [7, 11) is 0. The molecule has 0 bridgehead atoms. The smallest absolute Gasteiger partial charge is 0.241 e. The van der Waals surface area contributed by atoms with Gasteiger partial charge in [0.1, 0.15) is 11.3 Å². The molecule has 168 valence electrons. The van der Waals surface area contributed by atoms with Crippen LogP contribution in [0.15, 0.2) is 24.4 Å². The van der Waals surface area contributed by atoms with Gasteiger partial charge < -0.3 is 26.0 Å². The Hall–Kier alpha value is -3.37. The molecule has 0 aromatic carbocycles. The van der Waals surface area contributed by atoms with Gasteiger partial charge in [0.05, 0.1) is 29.7 Å². The first-order valence-electron chi connectivity index (χ1n) is 10.7. The molecule has 0 radical (unpaired) electrons. The SMILES string of the molecule is Cc1nc(Nc2ncc3cc([C@@H](C)O)nc(NC(C)C)c3n2)ccc1N1CCNCC1=O. The lowest BCUT2D eigenvalue weighted by Gasteiger charge is -2.28. The average molecular weight is 437 g/mol. The summed E-state index contributed by atoms with van der Waals surface area (Å²) in [5.41, 5.74) is 2.76. The van der Waals surface area contributed by atoms with E-state index in [2.05, 4.69) is 35.9 Å². The van der Waals surface area contributed by atoms with Crippen molar-refractivity contribution in [1.82, 2.24) is 25.3 Å². The Labute approximate surface area is 186 Å². The number of rotatable bonds is 6. The van der Waals surface area contributed by atoms with Crippen molar-refractivity contribution in [2.24, 2.45) is 0 Å². The fourth-order valence-electron chi connectivity index (χ4n) is 3.59. The number of aliphatic hydroxyl groups is 1. The standard InChI is InChI=1S/C22H28N8O2/c1-12(2)25-21-20-15(9-16(27-21)14(4)31)10-24-22(29-20)28-18-6-5-17(13(3)26-18)30-8-7-23-11-19(30)32/h5-6,9-10,12,14,23,31H,7-8,11H2,1-4H3,(H,25,27)(H,24,26,28,29)/t14-/m1/s1. The highest BCUT2D eigenvalue weighted by molar-refractivity contribution is 5.96. The highest BCUT2D eigenvalue weighted by Gasteiger charge is 2.21. The number of anilines is 4. The third-order valence-corrected chi connectivity index (χ3v) is 5.12. The van der Waals surface area contributed by atoms with Crippen LogP contribution in [-0.2, 0) is 4.79 Å². The first-order chi connectivity index (χ1) is 15.3. The molecule has 10 nitrogen and oxygen atoms in total. The molecular formula is C22H28N8O2. The zero-order chi connectivity index (χ0) is 22.8. The van der Waals surface area contributed by atoms with Crippen molar-refractivity contribution in [1.29, 1.82) is 0 Å². The molecule has 0 aliphatic carbocycles. The van der Waals surface area contributed by atoms with E-state index in [0.29, 0.717) is 41.9 Å². The monoisotopic (exact) mass is 436 g/mol. The molecule has 1 aliphatic rings. The van der Waals surface area contributed by atoms with E-state index in [0.717, 1.165) is 23.3 Å². The van der Waals surface area contributed by atoms with Crippen molar-refractivity contribution < 1.29 is 9.90 Å². The van der Waals surface area contributed by atoms with E-state index in [9.17, 15) is 9.90 Å². The van der Waals surface area contributed by atoms with Crippen LogP contribution in [0.5, 0.6) is 0 Å². The Balaban J connectivity index is 1.63. The van der Waals surface area contributed by atoms with E-state index in [1.54, 1.807) is 24.1 Å². The van der Waals surface area contributed by atoms with Crippen LogP contribution in [0, 0.1) is 6.92 Å². The number of fused-ring (bicyclic) bond motifs is 1. The van der Waals surface area contributed by atoms with Crippen molar-refractivity contribution in [2.45, 2.75) is 39.8 Å². The molecule has 1 amide bonds. The summed E-state index contributed by atoms with van der Waals surface area (Å²) >= 11 is 0. The summed E-state index contributed by atoms with van der Waals surface area (Å²) in [6, 6.07) is 5.63. The summed E-state index contributed by atoms with van der Waals surface area (Å²) in [6.45, 7) is 9.30. The zero-order valence-electron chi connectivity index (χ0n) is 18.7. The molecule has 0 spiro atoms. The van der Waals surface area contributed by atoms with E-state index >= 15 is 0 Å². The predicted molar refractivity (Wildman–Crippen MR) is 124 cm³/mol. The molecule has 32 heavy (non-hydrogen) atoms. The number of amides is 1. The fourth-order valence-corrected chi connectivity index (χ4v) is 3.59. The van der Waals surface area contributed by atoms with Crippen molar-refractivity contribution in [3.05, 3.63) is 35.8 Å². The first-order valence-corrected chi connectivity index (χ1v) is 10.7. The second kappa shape index (κ2) is 9.01. The lowest BCUT2D eigenvalue weighted by molar-refractivity contribution is -0.118. The number of carbonyl (C=O) groups is 1. The van der Waals surface area contributed by atoms with Crippen LogP contribution < -0.4 is 20.9 Å². The van der Waals surface area contributed by atoms with E-state index < -0.39 is 6.10 Å². The molecule has 1 fully saturated rings. The minimum absolute atomic E-state index is 0.0361. The van der Waals surface area contributed by atoms with Gasteiger partial charge in [0, 0.05) is 30.7 Å². The molecule has 3 aromatic heterocycles. The minimum atomic E-state index is -0.696. The molecule has 4 heterocycles. The van der Waals surface area contributed by atoms with Crippen LogP contribution in [0.1, 0.15) is 38.3 Å². The van der Waals surface area contributed by atoms with Gasteiger partial charge in [0.2, 0.25) is 11.9 Å². The highest BCUT2D eigenvalue weighted by atomic mass is 16.3. The van der Waals surface area contributed by atoms with Gasteiger partial charge in [0.25, 0.3) is 0 Å². The molecule has 0 saturated carbocycles. The third-order valence-electron chi connectivity index (χ3n) is 5.12. The van der Waals surface area contributed by atoms with Crippen LogP contribution >= 0.6 is 0 Å². The summed E-state index contributed by atoms with van der Waals surface area (Å²) in [6.07, 6.45) is 1.00. The van der Waals surface area contributed by atoms with Crippen molar-refractivity contribution in [2.75, 3.05) is 35.2 Å². The van der Waals surface area contributed by atoms with E-state index in [1.807, 2.05) is 32.9 Å².